The Bertz CT molecular complexity index is 916. The van der Waals surface area contributed by atoms with Crippen LogP contribution in [0.15, 0.2) is 35.4 Å². The summed E-state index contributed by atoms with van der Waals surface area (Å²) >= 11 is 5.87. The minimum Gasteiger partial charge on any atom is -0.450 e. The highest BCUT2D eigenvalue weighted by molar-refractivity contribution is 7.88. The summed E-state index contributed by atoms with van der Waals surface area (Å²) in [7, 11) is -3.32. The highest BCUT2D eigenvalue weighted by atomic mass is 35.5. The van der Waals surface area contributed by atoms with Gasteiger partial charge in [0.15, 0.2) is 0 Å². The Hall–Kier alpha value is -1.90. The van der Waals surface area contributed by atoms with Crippen molar-refractivity contribution in [1.82, 2.24) is 9.62 Å². The van der Waals surface area contributed by atoms with Gasteiger partial charge in [0.05, 0.1) is 11.8 Å². The molecule has 0 radical (unpaired) electrons. The molecule has 152 valence electrons. The summed E-state index contributed by atoms with van der Waals surface area (Å²) in [5.74, 6) is -0.860. The normalized spacial score (nSPS) is 19.8. The Kier molecular flexibility index (Phi) is 5.84. The predicted molar refractivity (Wildman–Crippen MR) is 105 cm³/mol. The van der Waals surface area contributed by atoms with E-state index in [2.05, 4.69) is 5.32 Å². The summed E-state index contributed by atoms with van der Waals surface area (Å²) in [6.07, 6.45) is 2.31. The quantitative estimate of drug-likeness (QED) is 0.723. The molecule has 2 heterocycles. The standard InChI is InChI=1S/C19H23ClN2O5S/c1-13-16(17(23)21-10-7-14-3-5-15(20)6-4-14)19(27-18(13)24)8-11-22(12-9-19)28(2,25)26/h3-6H,7-12H2,1-2H3,(H,21,23). The highest BCUT2D eigenvalue weighted by Crippen LogP contribution is 2.41. The van der Waals surface area contributed by atoms with Gasteiger partial charge in [-0.05, 0) is 31.0 Å². The van der Waals surface area contributed by atoms with Crippen LogP contribution in [0.25, 0.3) is 0 Å². The minimum absolute atomic E-state index is 0.209. The molecule has 1 amide bonds. The Morgan fingerprint density at radius 1 is 1.25 bits per heavy atom. The first-order valence-electron chi connectivity index (χ1n) is 9.05. The number of sulfonamides is 1. The van der Waals surface area contributed by atoms with E-state index in [-0.39, 0.29) is 37.4 Å². The molecule has 1 aromatic rings. The SMILES string of the molecule is CC1=C(C(=O)NCCc2ccc(Cl)cc2)C2(CCN(S(C)(=O)=O)CC2)OC1=O. The molecule has 1 saturated heterocycles. The molecule has 0 aliphatic carbocycles. The number of piperidine rings is 1. The average molecular weight is 427 g/mol. The summed E-state index contributed by atoms with van der Waals surface area (Å²) < 4.78 is 30.4. The number of halogens is 1. The number of rotatable bonds is 5. The molecule has 1 aromatic carbocycles. The molecule has 0 aromatic heterocycles. The van der Waals surface area contributed by atoms with Crippen molar-refractivity contribution in [1.29, 1.82) is 0 Å². The molecule has 28 heavy (non-hydrogen) atoms. The zero-order valence-corrected chi connectivity index (χ0v) is 17.4. The third-order valence-electron chi connectivity index (χ3n) is 5.26. The number of nitrogens with zero attached hydrogens (tertiary/aromatic N) is 1. The monoisotopic (exact) mass is 426 g/mol. The molecule has 1 spiro atoms. The van der Waals surface area contributed by atoms with Crippen LogP contribution in [0.4, 0.5) is 0 Å². The maximum atomic E-state index is 12.8. The number of ether oxygens (including phenoxy) is 1. The van der Waals surface area contributed by atoms with E-state index < -0.39 is 21.6 Å². The lowest BCUT2D eigenvalue weighted by molar-refractivity contribution is -0.150. The topological polar surface area (TPSA) is 92.8 Å². The Morgan fingerprint density at radius 2 is 1.86 bits per heavy atom. The highest BCUT2D eigenvalue weighted by Gasteiger charge is 2.51. The van der Waals surface area contributed by atoms with E-state index in [9.17, 15) is 18.0 Å². The Morgan fingerprint density at radius 3 is 2.43 bits per heavy atom. The van der Waals surface area contributed by atoms with Gasteiger partial charge in [-0.1, -0.05) is 23.7 Å². The fraction of sp³-hybridized carbons (Fsp3) is 0.474. The number of benzene rings is 1. The van der Waals surface area contributed by atoms with Gasteiger partial charge in [-0.3, -0.25) is 4.79 Å². The van der Waals surface area contributed by atoms with Gasteiger partial charge >= 0.3 is 5.97 Å². The molecule has 1 N–H and O–H groups in total. The van der Waals surface area contributed by atoms with Crippen molar-refractivity contribution in [3.8, 4) is 0 Å². The third-order valence-corrected chi connectivity index (χ3v) is 6.82. The number of esters is 1. The molecular formula is C19H23ClN2O5S. The number of hydrogen-bond acceptors (Lipinski definition) is 5. The van der Waals surface area contributed by atoms with Gasteiger partial charge < -0.3 is 10.1 Å². The van der Waals surface area contributed by atoms with Crippen LogP contribution in [-0.4, -0.2) is 56.1 Å². The van der Waals surface area contributed by atoms with Crippen molar-refractivity contribution in [3.63, 3.8) is 0 Å². The second-order valence-electron chi connectivity index (χ2n) is 7.18. The largest absolute Gasteiger partial charge is 0.450 e. The molecular weight excluding hydrogens is 404 g/mol. The van der Waals surface area contributed by atoms with E-state index in [1.165, 1.54) is 4.31 Å². The summed E-state index contributed by atoms with van der Waals surface area (Å²) in [6.45, 7) is 2.40. The first-order valence-corrected chi connectivity index (χ1v) is 11.3. The second kappa shape index (κ2) is 7.85. The first kappa shape index (κ1) is 20.8. The molecule has 0 atom stereocenters. The average Bonchev–Trinajstić information content (AvgIpc) is 2.86. The number of amides is 1. The number of carbonyl (C=O) groups is 2. The van der Waals surface area contributed by atoms with E-state index in [1.807, 2.05) is 12.1 Å². The van der Waals surface area contributed by atoms with E-state index in [4.69, 9.17) is 16.3 Å². The maximum absolute atomic E-state index is 12.8. The number of carbonyl (C=O) groups excluding carboxylic acids is 2. The zero-order valence-electron chi connectivity index (χ0n) is 15.8. The van der Waals surface area contributed by atoms with Crippen LogP contribution in [-0.2, 0) is 30.8 Å². The smallest absolute Gasteiger partial charge is 0.335 e. The lowest BCUT2D eigenvalue weighted by atomic mass is 9.83. The van der Waals surface area contributed by atoms with Crippen LogP contribution in [0, 0.1) is 0 Å². The van der Waals surface area contributed by atoms with Crippen LogP contribution in [0.2, 0.25) is 5.02 Å². The molecule has 0 saturated carbocycles. The van der Waals surface area contributed by atoms with Gasteiger partial charge in [0, 0.05) is 43.1 Å². The zero-order chi connectivity index (χ0) is 20.5. The van der Waals surface area contributed by atoms with Gasteiger partial charge in [0.2, 0.25) is 10.0 Å². The fourth-order valence-corrected chi connectivity index (χ4v) is 4.69. The van der Waals surface area contributed by atoms with Crippen molar-refractivity contribution in [2.45, 2.75) is 31.8 Å². The first-order chi connectivity index (χ1) is 13.1. The van der Waals surface area contributed by atoms with Crippen LogP contribution in [0.3, 0.4) is 0 Å². The van der Waals surface area contributed by atoms with Gasteiger partial charge in [0.1, 0.15) is 5.60 Å². The molecule has 0 unspecified atom stereocenters. The molecule has 7 nitrogen and oxygen atoms in total. The van der Waals surface area contributed by atoms with Crippen LogP contribution >= 0.6 is 11.6 Å². The summed E-state index contributed by atoms with van der Waals surface area (Å²) in [5.41, 5.74) is 0.594. The number of hydrogen-bond donors (Lipinski definition) is 1. The van der Waals surface area contributed by atoms with Gasteiger partial charge in [0.25, 0.3) is 5.91 Å². The lowest BCUT2D eigenvalue weighted by Gasteiger charge is -2.38. The van der Waals surface area contributed by atoms with Crippen LogP contribution < -0.4 is 5.32 Å². The van der Waals surface area contributed by atoms with E-state index >= 15 is 0 Å². The minimum atomic E-state index is -3.32. The summed E-state index contributed by atoms with van der Waals surface area (Å²) in [5, 5.41) is 3.51. The second-order valence-corrected chi connectivity index (χ2v) is 9.60. The van der Waals surface area contributed by atoms with Crippen molar-refractivity contribution >= 4 is 33.5 Å². The van der Waals surface area contributed by atoms with Crippen molar-refractivity contribution in [3.05, 3.63) is 46.0 Å². The van der Waals surface area contributed by atoms with Gasteiger partial charge in [-0.2, -0.15) is 0 Å². The molecule has 3 rings (SSSR count). The number of nitrogens with one attached hydrogen (secondary N) is 1. The van der Waals surface area contributed by atoms with Crippen LogP contribution in [0.1, 0.15) is 25.3 Å². The van der Waals surface area contributed by atoms with E-state index in [0.717, 1.165) is 11.8 Å². The summed E-state index contributed by atoms with van der Waals surface area (Å²) in [4.78, 5) is 25.0. The van der Waals surface area contributed by atoms with Crippen LogP contribution in [0.5, 0.6) is 0 Å². The Labute approximate surface area is 169 Å². The summed E-state index contributed by atoms with van der Waals surface area (Å²) in [6, 6.07) is 7.37. The molecule has 2 aliphatic rings. The van der Waals surface area contributed by atoms with Crippen molar-refractivity contribution in [2.75, 3.05) is 25.9 Å². The molecule has 9 heteroatoms. The predicted octanol–water partition coefficient (Wildman–Crippen LogP) is 1.67. The van der Waals surface area contributed by atoms with Crippen molar-refractivity contribution in [2.24, 2.45) is 0 Å². The molecule has 2 aliphatic heterocycles. The maximum Gasteiger partial charge on any atom is 0.335 e. The van der Waals surface area contributed by atoms with Gasteiger partial charge in [-0.25, -0.2) is 17.5 Å². The van der Waals surface area contributed by atoms with E-state index in [1.54, 1.807) is 19.1 Å². The molecule has 1 fully saturated rings. The Balaban J connectivity index is 1.68. The third kappa shape index (κ3) is 4.24. The lowest BCUT2D eigenvalue weighted by Crippen LogP contribution is -2.50. The fourth-order valence-electron chi connectivity index (χ4n) is 3.72. The van der Waals surface area contributed by atoms with E-state index in [0.29, 0.717) is 23.6 Å². The van der Waals surface area contributed by atoms with Crippen molar-refractivity contribution < 1.29 is 22.7 Å². The van der Waals surface area contributed by atoms with Gasteiger partial charge in [-0.15, -0.1) is 0 Å². The molecule has 0 bridgehead atoms.